The van der Waals surface area contributed by atoms with Gasteiger partial charge in [0.1, 0.15) is 0 Å². The third kappa shape index (κ3) is 4.58. The van der Waals surface area contributed by atoms with Gasteiger partial charge in [-0.2, -0.15) is 13.2 Å². The van der Waals surface area contributed by atoms with E-state index in [1.165, 1.54) is 11.1 Å². The van der Waals surface area contributed by atoms with Crippen LogP contribution in [0.1, 0.15) is 5.69 Å². The minimum Gasteiger partial charge on any atom is -0.307 e. The number of halogens is 3. The van der Waals surface area contributed by atoms with E-state index in [9.17, 15) is 13.2 Å². The Morgan fingerprint density at radius 1 is 1.10 bits per heavy atom. The molecular formula is C11H17F3N6. The number of rotatable bonds is 4. The molecule has 0 saturated carbocycles. The second-order valence-electron chi connectivity index (χ2n) is 4.70. The van der Waals surface area contributed by atoms with Gasteiger partial charge in [-0.25, -0.2) is 10.8 Å². The van der Waals surface area contributed by atoms with Crippen LogP contribution < -0.4 is 11.3 Å². The van der Waals surface area contributed by atoms with Gasteiger partial charge >= 0.3 is 6.18 Å². The summed E-state index contributed by atoms with van der Waals surface area (Å²) in [6.45, 7) is 1.75. The van der Waals surface area contributed by atoms with Crippen LogP contribution in [0.5, 0.6) is 0 Å². The Balaban J connectivity index is 1.79. The Hall–Kier alpha value is -1.45. The highest BCUT2D eigenvalue weighted by Crippen LogP contribution is 2.17. The number of nitrogen functional groups attached to an aromatic ring is 1. The Morgan fingerprint density at radius 3 is 2.25 bits per heavy atom. The third-order valence-electron chi connectivity index (χ3n) is 3.11. The zero-order chi connectivity index (χ0) is 14.6. The van der Waals surface area contributed by atoms with Gasteiger partial charge in [0.2, 0.25) is 0 Å². The van der Waals surface area contributed by atoms with E-state index in [-0.39, 0.29) is 0 Å². The topological polar surface area (TPSA) is 70.3 Å². The molecule has 2 rings (SSSR count). The van der Waals surface area contributed by atoms with Gasteiger partial charge in [-0.3, -0.25) is 14.8 Å². The van der Waals surface area contributed by atoms with E-state index in [0.717, 1.165) is 5.69 Å². The summed E-state index contributed by atoms with van der Waals surface area (Å²) in [4.78, 5) is 11.7. The average Bonchev–Trinajstić information content (AvgIpc) is 2.40. The summed E-state index contributed by atoms with van der Waals surface area (Å²) >= 11 is 0. The summed E-state index contributed by atoms with van der Waals surface area (Å²) < 4.78 is 36.8. The van der Waals surface area contributed by atoms with E-state index in [4.69, 9.17) is 5.84 Å². The van der Waals surface area contributed by atoms with Crippen molar-refractivity contribution in [2.75, 3.05) is 38.1 Å². The van der Waals surface area contributed by atoms with Crippen molar-refractivity contribution in [2.45, 2.75) is 12.7 Å². The van der Waals surface area contributed by atoms with Crippen LogP contribution in [0.15, 0.2) is 12.4 Å². The first kappa shape index (κ1) is 14.9. The van der Waals surface area contributed by atoms with Crippen LogP contribution >= 0.6 is 0 Å². The van der Waals surface area contributed by atoms with Crippen molar-refractivity contribution in [3.8, 4) is 0 Å². The van der Waals surface area contributed by atoms with Crippen LogP contribution in [0.2, 0.25) is 0 Å². The number of hydrogen-bond acceptors (Lipinski definition) is 6. The molecule has 0 amide bonds. The lowest BCUT2D eigenvalue weighted by Gasteiger charge is -2.34. The molecule has 1 aromatic heterocycles. The highest BCUT2D eigenvalue weighted by Gasteiger charge is 2.32. The summed E-state index contributed by atoms with van der Waals surface area (Å²) in [7, 11) is 0. The first-order chi connectivity index (χ1) is 9.46. The van der Waals surface area contributed by atoms with Crippen molar-refractivity contribution in [2.24, 2.45) is 5.84 Å². The van der Waals surface area contributed by atoms with E-state index < -0.39 is 12.7 Å². The largest absolute Gasteiger partial charge is 0.401 e. The van der Waals surface area contributed by atoms with Crippen LogP contribution in [0.25, 0.3) is 0 Å². The highest BCUT2D eigenvalue weighted by molar-refractivity contribution is 5.28. The number of anilines is 1. The quantitative estimate of drug-likeness (QED) is 0.619. The first-order valence-electron chi connectivity index (χ1n) is 6.25. The minimum absolute atomic E-state index is 0.412. The predicted molar refractivity (Wildman–Crippen MR) is 67.6 cm³/mol. The summed E-state index contributed by atoms with van der Waals surface area (Å²) in [5.41, 5.74) is 3.16. The minimum atomic E-state index is -4.13. The maximum Gasteiger partial charge on any atom is 0.401 e. The lowest BCUT2D eigenvalue weighted by atomic mass is 10.3. The maximum atomic E-state index is 12.3. The molecule has 1 aliphatic rings. The van der Waals surface area contributed by atoms with E-state index in [1.807, 2.05) is 0 Å². The fraction of sp³-hybridized carbons (Fsp3) is 0.636. The first-order valence-corrected chi connectivity index (χ1v) is 6.25. The van der Waals surface area contributed by atoms with Gasteiger partial charge in [0, 0.05) is 32.7 Å². The van der Waals surface area contributed by atoms with Gasteiger partial charge in [0.25, 0.3) is 0 Å². The lowest BCUT2D eigenvalue weighted by molar-refractivity contribution is -0.149. The molecule has 0 aliphatic carbocycles. The monoisotopic (exact) mass is 290 g/mol. The predicted octanol–water partition coefficient (Wildman–Crippen LogP) is 0.442. The van der Waals surface area contributed by atoms with E-state index in [2.05, 4.69) is 20.3 Å². The zero-order valence-electron chi connectivity index (χ0n) is 10.9. The molecule has 20 heavy (non-hydrogen) atoms. The van der Waals surface area contributed by atoms with Gasteiger partial charge in [0.15, 0.2) is 5.82 Å². The van der Waals surface area contributed by atoms with Gasteiger partial charge < -0.3 is 5.43 Å². The zero-order valence-corrected chi connectivity index (χ0v) is 10.9. The molecular weight excluding hydrogens is 273 g/mol. The van der Waals surface area contributed by atoms with Crippen LogP contribution in [0.4, 0.5) is 19.0 Å². The molecule has 0 atom stereocenters. The SMILES string of the molecule is NNc1cnc(CN2CCN(CC(F)(F)F)CC2)cn1. The molecule has 0 aromatic carbocycles. The number of piperazine rings is 1. The van der Waals surface area contributed by atoms with Crippen molar-refractivity contribution in [3.63, 3.8) is 0 Å². The van der Waals surface area contributed by atoms with Gasteiger partial charge in [-0.1, -0.05) is 0 Å². The molecule has 3 N–H and O–H groups in total. The summed E-state index contributed by atoms with van der Waals surface area (Å²) in [6, 6.07) is 0. The fourth-order valence-electron chi connectivity index (χ4n) is 2.10. The van der Waals surface area contributed by atoms with Gasteiger partial charge in [-0.15, -0.1) is 0 Å². The number of nitrogens with one attached hydrogen (secondary N) is 1. The Morgan fingerprint density at radius 2 is 1.75 bits per heavy atom. The Kier molecular flexibility index (Phi) is 4.73. The van der Waals surface area contributed by atoms with Crippen molar-refractivity contribution in [1.82, 2.24) is 19.8 Å². The lowest BCUT2D eigenvalue weighted by Crippen LogP contribution is -2.48. The van der Waals surface area contributed by atoms with Gasteiger partial charge in [-0.05, 0) is 0 Å². The van der Waals surface area contributed by atoms with Crippen molar-refractivity contribution >= 4 is 5.82 Å². The number of alkyl halides is 3. The van der Waals surface area contributed by atoms with Crippen LogP contribution in [0, 0.1) is 0 Å². The van der Waals surface area contributed by atoms with E-state index in [0.29, 0.717) is 38.5 Å². The van der Waals surface area contributed by atoms with Crippen molar-refractivity contribution in [1.29, 1.82) is 0 Å². The molecule has 1 fully saturated rings. The summed E-state index contributed by atoms with van der Waals surface area (Å²) in [5.74, 6) is 5.67. The standard InChI is InChI=1S/C11H17F3N6/c12-11(13,14)8-20-3-1-19(2-4-20)7-9-5-17-10(18-15)6-16-9/h5-6H,1-4,7-8,15H2,(H,17,18). The molecule has 112 valence electrons. The summed E-state index contributed by atoms with van der Waals surface area (Å²) in [5, 5.41) is 0. The molecule has 0 bridgehead atoms. The molecule has 1 aliphatic heterocycles. The van der Waals surface area contributed by atoms with E-state index in [1.54, 1.807) is 6.20 Å². The van der Waals surface area contributed by atoms with Crippen molar-refractivity contribution < 1.29 is 13.2 Å². The van der Waals surface area contributed by atoms with Gasteiger partial charge in [0.05, 0.1) is 24.6 Å². The molecule has 0 spiro atoms. The number of aromatic nitrogens is 2. The number of hydrazine groups is 1. The second kappa shape index (κ2) is 6.33. The Bertz CT molecular complexity index is 413. The molecule has 1 aromatic rings. The van der Waals surface area contributed by atoms with Crippen molar-refractivity contribution in [3.05, 3.63) is 18.1 Å². The number of nitrogens with two attached hydrogens (primary N) is 1. The molecule has 1 saturated heterocycles. The molecule has 9 heteroatoms. The summed E-state index contributed by atoms with van der Waals surface area (Å²) in [6.07, 6.45) is -0.995. The van der Waals surface area contributed by atoms with Crippen LogP contribution in [-0.2, 0) is 6.54 Å². The molecule has 0 radical (unpaired) electrons. The smallest absolute Gasteiger partial charge is 0.307 e. The van der Waals surface area contributed by atoms with Crippen LogP contribution in [-0.4, -0.2) is 58.7 Å². The normalized spacial score (nSPS) is 18.2. The number of hydrogen-bond donors (Lipinski definition) is 2. The molecule has 2 heterocycles. The number of nitrogens with zero attached hydrogens (tertiary/aromatic N) is 4. The molecule has 6 nitrogen and oxygen atoms in total. The average molecular weight is 290 g/mol. The van der Waals surface area contributed by atoms with Crippen LogP contribution in [0.3, 0.4) is 0 Å². The second-order valence-corrected chi connectivity index (χ2v) is 4.70. The fourth-order valence-corrected chi connectivity index (χ4v) is 2.10. The maximum absolute atomic E-state index is 12.3. The highest BCUT2D eigenvalue weighted by atomic mass is 19.4. The third-order valence-corrected chi connectivity index (χ3v) is 3.11. The molecule has 0 unspecified atom stereocenters. The van der Waals surface area contributed by atoms with E-state index >= 15 is 0 Å². The Labute approximate surface area is 114 Å².